The second-order valence-electron chi connectivity index (χ2n) is 6.72. The van der Waals surface area contributed by atoms with E-state index in [0.717, 1.165) is 18.5 Å². The fourth-order valence-corrected chi connectivity index (χ4v) is 3.34. The van der Waals surface area contributed by atoms with Gasteiger partial charge >= 0.3 is 5.97 Å². The number of rotatable bonds is 6. The highest BCUT2D eigenvalue weighted by atomic mass is 16.5. The van der Waals surface area contributed by atoms with Gasteiger partial charge in [0.2, 0.25) is 5.76 Å². The fraction of sp³-hybridized carbons (Fsp3) is 0.706. The van der Waals surface area contributed by atoms with Crippen LogP contribution < -0.4 is 0 Å². The zero-order chi connectivity index (χ0) is 17.2. The molecule has 0 radical (unpaired) electrons. The van der Waals surface area contributed by atoms with E-state index in [4.69, 9.17) is 4.52 Å². The molecule has 128 valence electrons. The molecule has 1 saturated heterocycles. The molecule has 0 saturated carbocycles. The molecule has 1 aliphatic heterocycles. The lowest BCUT2D eigenvalue weighted by atomic mass is 9.76. The average Bonchev–Trinajstić information content (AvgIpc) is 3.16. The van der Waals surface area contributed by atoms with Crippen LogP contribution >= 0.6 is 0 Å². The first kappa shape index (κ1) is 17.5. The first-order valence-electron chi connectivity index (χ1n) is 8.35. The van der Waals surface area contributed by atoms with Gasteiger partial charge in [-0.1, -0.05) is 32.9 Å². The summed E-state index contributed by atoms with van der Waals surface area (Å²) in [6.45, 7) is 8.59. The van der Waals surface area contributed by atoms with E-state index in [9.17, 15) is 14.7 Å². The number of hydrogen-bond donors (Lipinski definition) is 1. The average molecular weight is 322 g/mol. The van der Waals surface area contributed by atoms with Crippen molar-refractivity contribution in [1.29, 1.82) is 0 Å². The highest BCUT2D eigenvalue weighted by molar-refractivity contribution is 5.92. The van der Waals surface area contributed by atoms with E-state index in [1.54, 1.807) is 11.0 Å². The minimum atomic E-state index is -0.867. The molecule has 1 amide bonds. The van der Waals surface area contributed by atoms with E-state index in [0.29, 0.717) is 13.0 Å². The van der Waals surface area contributed by atoms with Crippen molar-refractivity contribution in [3.63, 3.8) is 0 Å². The van der Waals surface area contributed by atoms with Crippen molar-refractivity contribution in [2.24, 2.45) is 11.3 Å². The number of hydrogen-bond acceptors (Lipinski definition) is 4. The summed E-state index contributed by atoms with van der Waals surface area (Å²) >= 11 is 0. The molecule has 0 aliphatic carbocycles. The predicted molar refractivity (Wildman–Crippen MR) is 85.3 cm³/mol. The minimum absolute atomic E-state index is 0.0346. The molecule has 1 aliphatic rings. The highest BCUT2D eigenvalue weighted by Gasteiger charge is 2.49. The van der Waals surface area contributed by atoms with E-state index >= 15 is 0 Å². The van der Waals surface area contributed by atoms with Gasteiger partial charge in [-0.2, -0.15) is 0 Å². The van der Waals surface area contributed by atoms with Crippen molar-refractivity contribution in [2.75, 3.05) is 13.1 Å². The topological polar surface area (TPSA) is 83.6 Å². The molecule has 1 N–H and O–H groups in total. The van der Waals surface area contributed by atoms with Crippen molar-refractivity contribution >= 4 is 11.9 Å². The number of aromatic nitrogens is 1. The second kappa shape index (κ2) is 6.72. The molecule has 0 bridgehead atoms. The van der Waals surface area contributed by atoms with Crippen LogP contribution in [-0.2, 0) is 4.79 Å². The van der Waals surface area contributed by atoms with Crippen LogP contribution in [0.2, 0.25) is 0 Å². The Kier molecular flexibility index (Phi) is 5.12. The van der Waals surface area contributed by atoms with Gasteiger partial charge in [0.05, 0.1) is 11.1 Å². The maximum atomic E-state index is 12.6. The van der Waals surface area contributed by atoms with Gasteiger partial charge in [0.25, 0.3) is 5.91 Å². The Labute approximate surface area is 136 Å². The van der Waals surface area contributed by atoms with Crippen LogP contribution in [0.5, 0.6) is 0 Å². The van der Waals surface area contributed by atoms with Gasteiger partial charge in [-0.05, 0) is 25.2 Å². The summed E-state index contributed by atoms with van der Waals surface area (Å²) in [5.74, 6) is -0.645. The summed E-state index contributed by atoms with van der Waals surface area (Å²) in [5.41, 5.74) is -0.0700. The quantitative estimate of drug-likeness (QED) is 0.869. The normalized spacial score (nSPS) is 21.4. The summed E-state index contributed by atoms with van der Waals surface area (Å²) in [6, 6.07) is 1.70. The number of amides is 1. The van der Waals surface area contributed by atoms with Crippen LogP contribution in [0.4, 0.5) is 0 Å². The molecule has 6 nitrogen and oxygen atoms in total. The summed E-state index contributed by atoms with van der Waals surface area (Å²) < 4.78 is 5.22. The fourth-order valence-electron chi connectivity index (χ4n) is 3.34. The molecule has 0 spiro atoms. The molecule has 23 heavy (non-hydrogen) atoms. The Bertz CT molecular complexity index is 577. The Morgan fingerprint density at radius 2 is 2.04 bits per heavy atom. The standard InChI is InChI=1S/C17H26N2O4/c1-5-12(6-2)13-9-14(23-18-13)15(20)19-8-7-17(10-19,11(3)4)16(21)22/h9,11-12H,5-8,10H2,1-4H3,(H,21,22). The zero-order valence-corrected chi connectivity index (χ0v) is 14.3. The van der Waals surface area contributed by atoms with Crippen molar-refractivity contribution in [2.45, 2.75) is 52.9 Å². The molecular weight excluding hydrogens is 296 g/mol. The number of carboxylic acids is 1. The van der Waals surface area contributed by atoms with Crippen LogP contribution in [0, 0.1) is 11.3 Å². The Morgan fingerprint density at radius 3 is 2.52 bits per heavy atom. The molecule has 1 atom stereocenters. The van der Waals surface area contributed by atoms with E-state index in [2.05, 4.69) is 19.0 Å². The van der Waals surface area contributed by atoms with E-state index in [-0.39, 0.29) is 30.0 Å². The van der Waals surface area contributed by atoms with Crippen LogP contribution in [0.1, 0.15) is 69.1 Å². The molecule has 1 aromatic rings. The lowest BCUT2D eigenvalue weighted by molar-refractivity contribution is -0.150. The van der Waals surface area contributed by atoms with Crippen LogP contribution in [-0.4, -0.2) is 40.1 Å². The lowest BCUT2D eigenvalue weighted by Gasteiger charge is -2.28. The second-order valence-corrected chi connectivity index (χ2v) is 6.72. The van der Waals surface area contributed by atoms with Crippen molar-refractivity contribution in [3.05, 3.63) is 17.5 Å². The third-order valence-corrected chi connectivity index (χ3v) is 5.26. The van der Waals surface area contributed by atoms with Crippen LogP contribution in [0.15, 0.2) is 10.6 Å². The van der Waals surface area contributed by atoms with E-state index < -0.39 is 11.4 Å². The first-order valence-corrected chi connectivity index (χ1v) is 8.35. The van der Waals surface area contributed by atoms with Gasteiger partial charge in [-0.25, -0.2) is 0 Å². The molecule has 1 unspecified atom stereocenters. The molecule has 1 aromatic heterocycles. The molecule has 1 fully saturated rings. The van der Waals surface area contributed by atoms with Gasteiger partial charge < -0.3 is 14.5 Å². The summed E-state index contributed by atoms with van der Waals surface area (Å²) in [6.07, 6.45) is 2.35. The van der Waals surface area contributed by atoms with Crippen molar-refractivity contribution < 1.29 is 19.2 Å². The lowest BCUT2D eigenvalue weighted by Crippen LogP contribution is -2.40. The summed E-state index contributed by atoms with van der Waals surface area (Å²) in [4.78, 5) is 25.8. The number of carboxylic acid groups (broad SMARTS) is 1. The molecule has 2 heterocycles. The van der Waals surface area contributed by atoms with Gasteiger partial charge in [0.15, 0.2) is 0 Å². The smallest absolute Gasteiger partial charge is 0.311 e. The number of nitrogens with zero attached hydrogens (tertiary/aromatic N) is 2. The number of aliphatic carboxylic acids is 1. The molecule has 6 heteroatoms. The molecule has 0 aromatic carbocycles. The van der Waals surface area contributed by atoms with E-state index in [1.165, 1.54) is 0 Å². The van der Waals surface area contributed by atoms with Gasteiger partial charge in [-0.15, -0.1) is 0 Å². The predicted octanol–water partition coefficient (Wildman–Crippen LogP) is 3.15. The van der Waals surface area contributed by atoms with Crippen molar-refractivity contribution in [1.82, 2.24) is 10.1 Å². The summed E-state index contributed by atoms with van der Waals surface area (Å²) in [7, 11) is 0. The van der Waals surface area contributed by atoms with Gasteiger partial charge in [-0.3, -0.25) is 9.59 Å². The van der Waals surface area contributed by atoms with Gasteiger partial charge in [0, 0.05) is 25.1 Å². The summed E-state index contributed by atoms with van der Waals surface area (Å²) in [5, 5.41) is 13.6. The monoisotopic (exact) mass is 322 g/mol. The van der Waals surface area contributed by atoms with Crippen LogP contribution in [0.3, 0.4) is 0 Å². The SMILES string of the molecule is CCC(CC)c1cc(C(=O)N2CCC(C(=O)O)(C(C)C)C2)on1. The number of likely N-dealkylation sites (tertiary alicyclic amines) is 1. The minimum Gasteiger partial charge on any atom is -0.481 e. The van der Waals surface area contributed by atoms with E-state index in [1.807, 2.05) is 13.8 Å². The molecule has 2 rings (SSSR count). The highest BCUT2D eigenvalue weighted by Crippen LogP contribution is 2.38. The zero-order valence-electron chi connectivity index (χ0n) is 14.3. The van der Waals surface area contributed by atoms with Crippen molar-refractivity contribution in [3.8, 4) is 0 Å². The first-order chi connectivity index (χ1) is 10.9. The third-order valence-electron chi connectivity index (χ3n) is 5.26. The maximum absolute atomic E-state index is 12.6. The Hall–Kier alpha value is -1.85. The maximum Gasteiger partial charge on any atom is 0.311 e. The Morgan fingerprint density at radius 1 is 1.39 bits per heavy atom. The largest absolute Gasteiger partial charge is 0.481 e. The van der Waals surface area contributed by atoms with Crippen LogP contribution in [0.25, 0.3) is 0 Å². The number of carbonyl (C=O) groups is 2. The Balaban J connectivity index is 2.15. The number of carbonyl (C=O) groups excluding carboxylic acids is 1. The molecular formula is C17H26N2O4. The van der Waals surface area contributed by atoms with Gasteiger partial charge in [0.1, 0.15) is 0 Å². The third kappa shape index (κ3) is 3.12.